The molecule has 1 saturated heterocycles. The highest BCUT2D eigenvalue weighted by molar-refractivity contribution is 6.30. The third-order valence-corrected chi connectivity index (χ3v) is 3.35. The summed E-state index contributed by atoms with van der Waals surface area (Å²) in [7, 11) is 0. The zero-order valence-corrected chi connectivity index (χ0v) is 10.6. The number of benzene rings is 1. The number of carbonyl (C=O) groups excluding carboxylic acids is 1. The Morgan fingerprint density at radius 1 is 1.22 bits per heavy atom. The number of hydrogen-bond donors (Lipinski definition) is 0. The minimum absolute atomic E-state index is 0.167. The van der Waals surface area contributed by atoms with Crippen LogP contribution < -0.4 is 0 Å². The van der Waals surface area contributed by atoms with Crippen molar-refractivity contribution in [3.63, 3.8) is 0 Å². The molecule has 1 aromatic carbocycles. The molecule has 1 amide bonds. The van der Waals surface area contributed by atoms with Gasteiger partial charge in [-0.1, -0.05) is 23.7 Å². The average molecular weight is 274 g/mol. The predicted molar refractivity (Wildman–Crippen MR) is 65.8 cm³/mol. The van der Waals surface area contributed by atoms with Crippen molar-refractivity contribution in [1.29, 1.82) is 0 Å². The molecule has 1 fully saturated rings. The molecule has 98 valence electrons. The Labute approximate surface area is 110 Å². The van der Waals surface area contributed by atoms with Crippen LogP contribution in [0.2, 0.25) is 5.02 Å². The van der Waals surface area contributed by atoms with E-state index in [0.717, 1.165) is 12.8 Å². The molecule has 0 atom stereocenters. The third-order valence-electron chi connectivity index (χ3n) is 3.10. The standard InChI is InChI=1S/C13H14ClF2NO/c14-11-5-3-10(4-6-11)13(15,16)9-12(18)17-7-1-2-8-17/h3-6H,1-2,7-9H2. The Bertz CT molecular complexity index is 427. The molecule has 1 heterocycles. The van der Waals surface area contributed by atoms with Crippen molar-refractivity contribution in [3.8, 4) is 0 Å². The second kappa shape index (κ2) is 5.22. The van der Waals surface area contributed by atoms with E-state index in [9.17, 15) is 13.6 Å². The van der Waals surface area contributed by atoms with Crippen LogP contribution in [0.5, 0.6) is 0 Å². The number of hydrogen-bond acceptors (Lipinski definition) is 1. The van der Waals surface area contributed by atoms with Crippen LogP contribution >= 0.6 is 11.6 Å². The lowest BCUT2D eigenvalue weighted by Crippen LogP contribution is -2.32. The monoisotopic (exact) mass is 273 g/mol. The molecule has 0 unspecified atom stereocenters. The molecular weight excluding hydrogens is 260 g/mol. The van der Waals surface area contributed by atoms with Crippen LogP contribution in [0.25, 0.3) is 0 Å². The van der Waals surface area contributed by atoms with Crippen molar-refractivity contribution in [2.45, 2.75) is 25.2 Å². The maximum atomic E-state index is 13.9. The minimum Gasteiger partial charge on any atom is -0.342 e. The zero-order valence-electron chi connectivity index (χ0n) is 9.83. The topological polar surface area (TPSA) is 20.3 Å². The number of rotatable bonds is 3. The van der Waals surface area contributed by atoms with E-state index >= 15 is 0 Å². The van der Waals surface area contributed by atoms with Crippen molar-refractivity contribution in [2.75, 3.05) is 13.1 Å². The van der Waals surface area contributed by atoms with Gasteiger partial charge in [-0.2, -0.15) is 0 Å². The summed E-state index contributed by atoms with van der Waals surface area (Å²) in [4.78, 5) is 13.2. The fourth-order valence-electron chi connectivity index (χ4n) is 2.06. The zero-order chi connectivity index (χ0) is 13.2. The van der Waals surface area contributed by atoms with Gasteiger partial charge in [-0.15, -0.1) is 0 Å². The van der Waals surface area contributed by atoms with E-state index in [1.165, 1.54) is 29.2 Å². The molecule has 0 aromatic heterocycles. The largest absolute Gasteiger partial charge is 0.342 e. The third kappa shape index (κ3) is 2.99. The fraction of sp³-hybridized carbons (Fsp3) is 0.462. The second-order valence-corrected chi connectivity index (χ2v) is 4.91. The predicted octanol–water partition coefficient (Wildman–Crippen LogP) is 3.44. The van der Waals surface area contributed by atoms with Gasteiger partial charge in [0.2, 0.25) is 5.91 Å². The van der Waals surface area contributed by atoms with E-state index < -0.39 is 18.3 Å². The fourth-order valence-corrected chi connectivity index (χ4v) is 2.19. The highest BCUT2D eigenvalue weighted by Gasteiger charge is 2.36. The average Bonchev–Trinajstić information content (AvgIpc) is 2.82. The smallest absolute Gasteiger partial charge is 0.281 e. The van der Waals surface area contributed by atoms with Gasteiger partial charge in [-0.25, -0.2) is 8.78 Å². The molecule has 5 heteroatoms. The van der Waals surface area contributed by atoms with Gasteiger partial charge in [-0.05, 0) is 25.0 Å². The molecule has 0 N–H and O–H groups in total. The van der Waals surface area contributed by atoms with E-state index in [2.05, 4.69) is 0 Å². The molecule has 18 heavy (non-hydrogen) atoms. The first kappa shape index (κ1) is 13.3. The van der Waals surface area contributed by atoms with Crippen molar-refractivity contribution in [2.24, 2.45) is 0 Å². The summed E-state index contributed by atoms with van der Waals surface area (Å²) in [5, 5.41) is 0.403. The van der Waals surface area contributed by atoms with Gasteiger partial charge in [-0.3, -0.25) is 4.79 Å². The first-order chi connectivity index (χ1) is 8.49. The number of alkyl halides is 2. The molecule has 2 rings (SSSR count). The summed E-state index contributed by atoms with van der Waals surface area (Å²) in [5.74, 6) is -3.61. The summed E-state index contributed by atoms with van der Waals surface area (Å²) in [6.07, 6.45) is 1.03. The number of carbonyl (C=O) groups is 1. The summed E-state index contributed by atoms with van der Waals surface area (Å²) in [6, 6.07) is 5.34. The van der Waals surface area contributed by atoms with Gasteiger partial charge < -0.3 is 4.90 Å². The van der Waals surface area contributed by atoms with Crippen LogP contribution in [0.1, 0.15) is 24.8 Å². The van der Waals surface area contributed by atoms with E-state index in [0.29, 0.717) is 18.1 Å². The number of nitrogens with zero attached hydrogens (tertiary/aromatic N) is 1. The molecule has 1 aliphatic rings. The van der Waals surface area contributed by atoms with Gasteiger partial charge in [0.15, 0.2) is 0 Å². The quantitative estimate of drug-likeness (QED) is 0.826. The molecule has 0 aliphatic carbocycles. The Kier molecular flexibility index (Phi) is 3.85. The number of halogens is 3. The Hall–Kier alpha value is -1.16. The first-order valence-electron chi connectivity index (χ1n) is 5.91. The molecule has 1 aliphatic heterocycles. The minimum atomic E-state index is -3.13. The Balaban J connectivity index is 2.06. The summed E-state index contributed by atoms with van der Waals surface area (Å²) in [6.45, 7) is 1.19. The normalized spacial score (nSPS) is 16.1. The van der Waals surface area contributed by atoms with Crippen LogP contribution in [0.15, 0.2) is 24.3 Å². The van der Waals surface area contributed by atoms with Crippen LogP contribution in [0, 0.1) is 0 Å². The van der Waals surface area contributed by atoms with Crippen molar-refractivity contribution < 1.29 is 13.6 Å². The van der Waals surface area contributed by atoms with Crippen LogP contribution in [0.4, 0.5) is 8.78 Å². The van der Waals surface area contributed by atoms with Gasteiger partial charge in [0.05, 0.1) is 6.42 Å². The van der Waals surface area contributed by atoms with Crippen molar-refractivity contribution >= 4 is 17.5 Å². The molecule has 1 aromatic rings. The Morgan fingerprint density at radius 3 is 2.33 bits per heavy atom. The lowest BCUT2D eigenvalue weighted by atomic mass is 10.1. The van der Waals surface area contributed by atoms with Crippen LogP contribution in [0.3, 0.4) is 0 Å². The maximum Gasteiger partial charge on any atom is 0.281 e. The van der Waals surface area contributed by atoms with E-state index in [1.54, 1.807) is 0 Å². The lowest BCUT2D eigenvalue weighted by Gasteiger charge is -2.21. The maximum absolute atomic E-state index is 13.9. The van der Waals surface area contributed by atoms with Gasteiger partial charge in [0.1, 0.15) is 0 Å². The summed E-state index contributed by atoms with van der Waals surface area (Å²) >= 11 is 5.65. The lowest BCUT2D eigenvalue weighted by molar-refractivity contribution is -0.138. The second-order valence-electron chi connectivity index (χ2n) is 4.48. The SMILES string of the molecule is O=C(CC(F)(F)c1ccc(Cl)cc1)N1CCCC1. The molecule has 0 radical (unpaired) electrons. The number of amides is 1. The molecule has 0 bridgehead atoms. The van der Waals surface area contributed by atoms with E-state index in [4.69, 9.17) is 11.6 Å². The number of likely N-dealkylation sites (tertiary alicyclic amines) is 1. The molecule has 0 spiro atoms. The Morgan fingerprint density at radius 2 is 1.78 bits per heavy atom. The van der Waals surface area contributed by atoms with Crippen LogP contribution in [-0.2, 0) is 10.7 Å². The van der Waals surface area contributed by atoms with Crippen molar-refractivity contribution in [3.05, 3.63) is 34.9 Å². The van der Waals surface area contributed by atoms with E-state index in [-0.39, 0.29) is 5.56 Å². The highest BCUT2D eigenvalue weighted by Crippen LogP contribution is 2.33. The van der Waals surface area contributed by atoms with Crippen LogP contribution in [-0.4, -0.2) is 23.9 Å². The van der Waals surface area contributed by atoms with Gasteiger partial charge in [0, 0.05) is 23.7 Å². The molecule has 2 nitrogen and oxygen atoms in total. The van der Waals surface area contributed by atoms with Gasteiger partial charge >= 0.3 is 0 Å². The molecule has 0 saturated carbocycles. The first-order valence-corrected chi connectivity index (χ1v) is 6.28. The highest BCUT2D eigenvalue weighted by atomic mass is 35.5. The molecular formula is C13H14ClF2NO. The van der Waals surface area contributed by atoms with E-state index in [1.807, 2.05) is 0 Å². The summed E-state index contributed by atoms with van der Waals surface area (Å²) in [5.41, 5.74) is -0.167. The summed E-state index contributed by atoms with van der Waals surface area (Å²) < 4.78 is 27.8. The van der Waals surface area contributed by atoms with Gasteiger partial charge in [0.25, 0.3) is 5.92 Å². The van der Waals surface area contributed by atoms with Crippen molar-refractivity contribution in [1.82, 2.24) is 4.90 Å².